The van der Waals surface area contributed by atoms with Crippen molar-refractivity contribution in [1.82, 2.24) is 9.78 Å². The summed E-state index contributed by atoms with van der Waals surface area (Å²) in [5.74, 6) is 1.97. The maximum absolute atomic E-state index is 13.4. The fraction of sp³-hybridized carbons (Fsp3) is 0.273. The minimum absolute atomic E-state index is 0.160. The zero-order valence-corrected chi connectivity index (χ0v) is 15.8. The second-order valence-electron chi connectivity index (χ2n) is 7.41. The molecule has 3 heterocycles. The Labute approximate surface area is 161 Å². The third-order valence-electron chi connectivity index (χ3n) is 5.53. The van der Waals surface area contributed by atoms with Gasteiger partial charge in [-0.15, -0.1) is 0 Å². The van der Waals surface area contributed by atoms with Crippen LogP contribution in [0.3, 0.4) is 0 Å². The Morgan fingerprint density at radius 1 is 1.14 bits per heavy atom. The van der Waals surface area contributed by atoms with Crippen LogP contribution >= 0.6 is 0 Å². The van der Waals surface area contributed by atoms with Crippen molar-refractivity contribution < 1.29 is 13.6 Å². The molecule has 28 heavy (non-hydrogen) atoms. The van der Waals surface area contributed by atoms with E-state index in [0.717, 1.165) is 58.4 Å². The van der Waals surface area contributed by atoms with Crippen LogP contribution in [-0.4, -0.2) is 15.6 Å². The van der Waals surface area contributed by atoms with E-state index in [1.165, 1.54) is 12.1 Å². The Bertz CT molecular complexity index is 1120. The molecule has 5 nitrogen and oxygen atoms in total. The third kappa shape index (κ3) is 2.52. The highest BCUT2D eigenvalue weighted by Gasteiger charge is 2.40. The molecule has 0 fully saturated rings. The van der Waals surface area contributed by atoms with Gasteiger partial charge < -0.3 is 9.73 Å². The van der Waals surface area contributed by atoms with E-state index in [1.807, 2.05) is 26.0 Å². The molecule has 142 valence electrons. The molecule has 0 bridgehead atoms. The molecular formula is C22H20FN3O2. The van der Waals surface area contributed by atoms with Crippen molar-refractivity contribution in [3.05, 3.63) is 76.3 Å². The average Bonchev–Trinajstić information content (AvgIpc) is 3.25. The van der Waals surface area contributed by atoms with Gasteiger partial charge in [0, 0.05) is 23.3 Å². The summed E-state index contributed by atoms with van der Waals surface area (Å²) in [6, 6.07) is 10.1. The molecule has 0 saturated carbocycles. The maximum Gasteiger partial charge on any atom is 0.161 e. The molecule has 0 unspecified atom stereocenters. The van der Waals surface area contributed by atoms with E-state index in [1.54, 1.807) is 16.8 Å². The average molecular weight is 377 g/mol. The van der Waals surface area contributed by atoms with E-state index in [-0.39, 0.29) is 17.5 Å². The Hall–Kier alpha value is -3.15. The van der Waals surface area contributed by atoms with Crippen LogP contribution < -0.4 is 5.32 Å². The lowest BCUT2D eigenvalue weighted by atomic mass is 9.78. The quantitative estimate of drug-likeness (QED) is 0.698. The first-order chi connectivity index (χ1) is 13.5. The van der Waals surface area contributed by atoms with Gasteiger partial charge in [-0.3, -0.25) is 4.79 Å². The number of furan rings is 1. The van der Waals surface area contributed by atoms with Crippen LogP contribution in [0, 0.1) is 19.7 Å². The van der Waals surface area contributed by atoms with Gasteiger partial charge in [-0.05, 0) is 63.1 Å². The molecule has 0 radical (unpaired) electrons. The zero-order chi connectivity index (χ0) is 19.4. The van der Waals surface area contributed by atoms with Gasteiger partial charge in [-0.25, -0.2) is 9.07 Å². The number of carbonyl (C=O) groups is 1. The summed E-state index contributed by atoms with van der Waals surface area (Å²) in [6.07, 6.45) is 2.19. The Balaban J connectivity index is 1.74. The zero-order valence-electron chi connectivity index (χ0n) is 15.8. The van der Waals surface area contributed by atoms with Crippen LogP contribution in [0.15, 0.2) is 52.1 Å². The molecule has 1 aliphatic carbocycles. The number of aryl methyl sites for hydroxylation is 2. The van der Waals surface area contributed by atoms with Crippen molar-refractivity contribution in [2.24, 2.45) is 0 Å². The number of anilines is 1. The summed E-state index contributed by atoms with van der Waals surface area (Å²) in [5, 5.41) is 8.17. The minimum Gasteiger partial charge on any atom is -0.465 e. The minimum atomic E-state index is -0.290. The molecule has 1 atom stereocenters. The molecule has 5 rings (SSSR count). The summed E-state index contributed by atoms with van der Waals surface area (Å²) < 4.78 is 21.1. The Morgan fingerprint density at radius 2 is 1.93 bits per heavy atom. The smallest absolute Gasteiger partial charge is 0.161 e. The Kier molecular flexibility index (Phi) is 3.75. The topological polar surface area (TPSA) is 60.1 Å². The lowest BCUT2D eigenvalue weighted by molar-refractivity contribution is -0.116. The van der Waals surface area contributed by atoms with Crippen molar-refractivity contribution in [1.29, 1.82) is 0 Å². The molecule has 1 aliphatic heterocycles. The van der Waals surface area contributed by atoms with Crippen molar-refractivity contribution in [3.63, 3.8) is 0 Å². The molecule has 1 N–H and O–H groups in total. The van der Waals surface area contributed by atoms with E-state index >= 15 is 0 Å². The monoisotopic (exact) mass is 377 g/mol. The number of halogens is 1. The number of rotatable bonds is 2. The fourth-order valence-electron chi connectivity index (χ4n) is 4.28. The van der Waals surface area contributed by atoms with E-state index in [2.05, 4.69) is 5.32 Å². The van der Waals surface area contributed by atoms with Gasteiger partial charge >= 0.3 is 0 Å². The molecule has 0 amide bonds. The van der Waals surface area contributed by atoms with Crippen LogP contribution in [-0.2, 0) is 4.79 Å². The van der Waals surface area contributed by atoms with Gasteiger partial charge in [0.1, 0.15) is 23.2 Å². The lowest BCUT2D eigenvalue weighted by Crippen LogP contribution is -2.27. The summed E-state index contributed by atoms with van der Waals surface area (Å²) >= 11 is 0. The number of allylic oxidation sites excluding steroid dienone is 2. The number of hydrogen-bond donors (Lipinski definition) is 1. The van der Waals surface area contributed by atoms with Crippen molar-refractivity contribution in [2.75, 3.05) is 5.32 Å². The molecular weight excluding hydrogens is 357 g/mol. The first-order valence-electron chi connectivity index (χ1n) is 9.48. The van der Waals surface area contributed by atoms with Crippen LogP contribution in [0.4, 0.5) is 10.2 Å². The molecule has 1 aromatic carbocycles. The van der Waals surface area contributed by atoms with Gasteiger partial charge in [0.25, 0.3) is 0 Å². The number of ketones is 1. The largest absolute Gasteiger partial charge is 0.465 e. The van der Waals surface area contributed by atoms with E-state index in [0.29, 0.717) is 6.42 Å². The summed E-state index contributed by atoms with van der Waals surface area (Å²) in [6.45, 7) is 3.83. The predicted octanol–water partition coefficient (Wildman–Crippen LogP) is 4.79. The highest BCUT2D eigenvalue weighted by atomic mass is 19.1. The number of nitrogens with one attached hydrogen (secondary N) is 1. The first-order valence-corrected chi connectivity index (χ1v) is 9.48. The standard InChI is InChI=1S/C22H20FN3O2/c1-12-6-11-18(28-12)21-19-13(2)25-26(15-9-7-14(23)8-10-15)22(19)24-16-4-3-5-17(27)20(16)21/h6-11,21,24H,3-5H2,1-2H3/t21-/m0/s1. The molecule has 2 aromatic heterocycles. The second-order valence-corrected chi connectivity index (χ2v) is 7.41. The van der Waals surface area contributed by atoms with Crippen LogP contribution in [0.25, 0.3) is 5.69 Å². The molecule has 3 aromatic rings. The predicted molar refractivity (Wildman–Crippen MR) is 103 cm³/mol. The molecule has 0 spiro atoms. The highest BCUT2D eigenvalue weighted by Crippen LogP contribution is 2.47. The fourth-order valence-corrected chi connectivity index (χ4v) is 4.28. The number of Topliss-reactive ketones (excluding diaryl/α,β-unsaturated/α-hetero) is 1. The molecule has 2 aliphatic rings. The van der Waals surface area contributed by atoms with Crippen molar-refractivity contribution >= 4 is 11.6 Å². The summed E-state index contributed by atoms with van der Waals surface area (Å²) in [7, 11) is 0. The molecule has 6 heteroatoms. The third-order valence-corrected chi connectivity index (χ3v) is 5.53. The number of aromatic nitrogens is 2. The second kappa shape index (κ2) is 6.19. The number of carbonyl (C=O) groups excluding carboxylic acids is 1. The van der Waals surface area contributed by atoms with Gasteiger partial charge in [0.05, 0.1) is 17.3 Å². The van der Waals surface area contributed by atoms with Gasteiger partial charge in [-0.2, -0.15) is 5.10 Å². The summed E-state index contributed by atoms with van der Waals surface area (Å²) in [5.41, 5.74) is 4.24. The lowest BCUT2D eigenvalue weighted by Gasteiger charge is -2.31. The van der Waals surface area contributed by atoms with E-state index < -0.39 is 0 Å². The van der Waals surface area contributed by atoms with Crippen LogP contribution in [0.1, 0.15) is 48.0 Å². The maximum atomic E-state index is 13.4. The Morgan fingerprint density at radius 3 is 2.64 bits per heavy atom. The van der Waals surface area contributed by atoms with E-state index in [9.17, 15) is 9.18 Å². The van der Waals surface area contributed by atoms with Crippen molar-refractivity contribution in [3.8, 4) is 5.69 Å². The highest BCUT2D eigenvalue weighted by molar-refractivity contribution is 6.01. The first kappa shape index (κ1) is 17.0. The SMILES string of the molecule is Cc1ccc([C@@H]2C3=C(CCCC3=O)Nc3c2c(C)nn3-c2ccc(F)cc2)o1. The van der Waals surface area contributed by atoms with Crippen molar-refractivity contribution in [2.45, 2.75) is 39.0 Å². The summed E-state index contributed by atoms with van der Waals surface area (Å²) in [4.78, 5) is 12.8. The van der Waals surface area contributed by atoms with Crippen LogP contribution in [0.5, 0.6) is 0 Å². The van der Waals surface area contributed by atoms with E-state index in [4.69, 9.17) is 9.52 Å². The number of fused-ring (bicyclic) bond motifs is 1. The normalized spacial score (nSPS) is 18.7. The number of benzene rings is 1. The van der Waals surface area contributed by atoms with Gasteiger partial charge in [0.2, 0.25) is 0 Å². The molecule has 0 saturated heterocycles. The number of hydrogen-bond acceptors (Lipinski definition) is 4. The number of nitrogens with zero attached hydrogens (tertiary/aromatic N) is 2. The van der Waals surface area contributed by atoms with Gasteiger partial charge in [-0.1, -0.05) is 0 Å². The van der Waals surface area contributed by atoms with Gasteiger partial charge in [0.15, 0.2) is 5.78 Å². The van der Waals surface area contributed by atoms with Crippen LogP contribution in [0.2, 0.25) is 0 Å².